The molecule has 0 radical (unpaired) electrons. The first-order valence-electron chi connectivity index (χ1n) is 7.57. The van der Waals surface area contributed by atoms with Gasteiger partial charge in [0.15, 0.2) is 0 Å². The van der Waals surface area contributed by atoms with Crippen LogP contribution in [0.2, 0.25) is 5.02 Å². The smallest absolute Gasteiger partial charge is 0.242 e. The van der Waals surface area contributed by atoms with Gasteiger partial charge in [-0.1, -0.05) is 29.8 Å². The summed E-state index contributed by atoms with van der Waals surface area (Å²) in [6.45, 7) is 0.203. The summed E-state index contributed by atoms with van der Waals surface area (Å²) in [4.78, 5) is 12.2. The highest BCUT2D eigenvalue weighted by Gasteiger charge is 2.20. The van der Waals surface area contributed by atoms with Crippen molar-refractivity contribution in [3.63, 3.8) is 0 Å². The number of carbonyl (C=O) groups excluding carboxylic acids is 1. The first-order valence-corrected chi connectivity index (χ1v) is 9.39. The molecule has 25 heavy (non-hydrogen) atoms. The summed E-state index contributed by atoms with van der Waals surface area (Å²) in [6, 6.07) is 13.6. The van der Waals surface area contributed by atoms with Gasteiger partial charge in [-0.3, -0.25) is 4.79 Å². The van der Waals surface area contributed by atoms with Crippen LogP contribution in [0.5, 0.6) is 0 Å². The molecule has 0 atom stereocenters. The third kappa shape index (κ3) is 5.19. The maximum Gasteiger partial charge on any atom is 0.242 e. The van der Waals surface area contributed by atoms with Crippen LogP contribution < -0.4 is 10.6 Å². The zero-order valence-corrected chi connectivity index (χ0v) is 15.6. The zero-order chi connectivity index (χ0) is 18.4. The third-order valence-corrected chi connectivity index (χ3v) is 5.67. The van der Waals surface area contributed by atoms with E-state index in [1.165, 1.54) is 20.2 Å². The van der Waals surface area contributed by atoms with Crippen LogP contribution in [0.3, 0.4) is 0 Å². The topological polar surface area (TPSA) is 78.5 Å². The fourth-order valence-corrected chi connectivity index (χ4v) is 3.35. The number of halogens is 1. The third-order valence-electron chi connectivity index (χ3n) is 3.50. The van der Waals surface area contributed by atoms with Crippen LogP contribution in [0, 0.1) is 0 Å². The molecule has 2 aromatic carbocycles. The minimum absolute atomic E-state index is 0.0736. The lowest BCUT2D eigenvalue weighted by Crippen LogP contribution is -2.30. The molecule has 0 unspecified atom stereocenters. The van der Waals surface area contributed by atoms with Crippen LogP contribution in [-0.2, 0) is 21.4 Å². The Kier molecular flexibility index (Phi) is 6.41. The van der Waals surface area contributed by atoms with E-state index in [9.17, 15) is 13.2 Å². The average Bonchev–Trinajstić information content (AvgIpc) is 2.59. The minimum Gasteiger partial charge on any atom is -0.376 e. The van der Waals surface area contributed by atoms with Crippen molar-refractivity contribution in [1.82, 2.24) is 9.62 Å². The molecule has 2 aromatic rings. The summed E-state index contributed by atoms with van der Waals surface area (Å²) < 4.78 is 25.8. The standard InChI is InChI=1S/C17H20ClN3O3S/c1-21(2)25(23,24)16-6-4-3-5-13(16)11-20-17(22)12-19-15-9-7-14(18)8-10-15/h3-10,19H,11-12H2,1-2H3,(H,20,22). The van der Waals surface area contributed by atoms with E-state index in [0.717, 1.165) is 9.99 Å². The van der Waals surface area contributed by atoms with E-state index in [4.69, 9.17) is 11.6 Å². The van der Waals surface area contributed by atoms with Crippen LogP contribution in [0.15, 0.2) is 53.4 Å². The lowest BCUT2D eigenvalue weighted by atomic mass is 10.2. The number of amides is 1. The van der Waals surface area contributed by atoms with Crippen molar-refractivity contribution in [1.29, 1.82) is 0 Å². The van der Waals surface area contributed by atoms with E-state index in [0.29, 0.717) is 10.6 Å². The van der Waals surface area contributed by atoms with Gasteiger partial charge in [-0.05, 0) is 35.9 Å². The second-order valence-electron chi connectivity index (χ2n) is 5.53. The molecule has 8 heteroatoms. The summed E-state index contributed by atoms with van der Waals surface area (Å²) in [5.74, 6) is -0.244. The maximum atomic E-state index is 12.3. The number of sulfonamides is 1. The monoisotopic (exact) mass is 381 g/mol. The van der Waals surface area contributed by atoms with Crippen LogP contribution in [-0.4, -0.2) is 39.3 Å². The van der Waals surface area contributed by atoms with Gasteiger partial charge in [-0.25, -0.2) is 12.7 Å². The largest absolute Gasteiger partial charge is 0.376 e. The molecule has 0 fully saturated rings. The van der Waals surface area contributed by atoms with Crippen molar-refractivity contribution < 1.29 is 13.2 Å². The summed E-state index contributed by atoms with van der Waals surface area (Å²) in [7, 11) is -0.615. The number of nitrogens with zero attached hydrogens (tertiary/aromatic N) is 1. The molecular weight excluding hydrogens is 362 g/mol. The van der Waals surface area contributed by atoms with Gasteiger partial charge in [0.25, 0.3) is 0 Å². The number of hydrogen-bond donors (Lipinski definition) is 2. The zero-order valence-electron chi connectivity index (χ0n) is 14.0. The molecule has 134 valence electrons. The van der Waals surface area contributed by atoms with E-state index in [2.05, 4.69) is 10.6 Å². The summed E-state index contributed by atoms with van der Waals surface area (Å²) in [5.41, 5.74) is 1.31. The lowest BCUT2D eigenvalue weighted by Gasteiger charge is -2.15. The van der Waals surface area contributed by atoms with Gasteiger partial charge >= 0.3 is 0 Å². The molecule has 1 amide bonds. The molecule has 0 bridgehead atoms. The van der Waals surface area contributed by atoms with E-state index in [1.807, 2.05) is 0 Å². The molecule has 0 heterocycles. The molecule has 6 nitrogen and oxygen atoms in total. The summed E-state index contributed by atoms with van der Waals surface area (Å²) in [6.07, 6.45) is 0. The number of anilines is 1. The fraction of sp³-hybridized carbons (Fsp3) is 0.235. The number of benzene rings is 2. The predicted molar refractivity (Wildman–Crippen MR) is 99.1 cm³/mol. The molecule has 0 saturated heterocycles. The number of hydrogen-bond acceptors (Lipinski definition) is 4. The van der Waals surface area contributed by atoms with E-state index in [-0.39, 0.29) is 23.9 Å². The van der Waals surface area contributed by atoms with Crippen molar-refractivity contribution in [2.24, 2.45) is 0 Å². The quantitative estimate of drug-likeness (QED) is 0.771. The molecular formula is C17H20ClN3O3S. The number of nitrogens with one attached hydrogen (secondary N) is 2. The average molecular weight is 382 g/mol. The van der Waals surface area contributed by atoms with Crippen LogP contribution in [0.1, 0.15) is 5.56 Å². The highest BCUT2D eigenvalue weighted by molar-refractivity contribution is 7.89. The molecule has 2 N–H and O–H groups in total. The Morgan fingerprint density at radius 3 is 2.36 bits per heavy atom. The van der Waals surface area contributed by atoms with Crippen molar-refractivity contribution in [2.45, 2.75) is 11.4 Å². The predicted octanol–water partition coefficient (Wildman–Crippen LogP) is 2.32. The summed E-state index contributed by atoms with van der Waals surface area (Å²) in [5, 5.41) is 6.31. The van der Waals surface area contributed by atoms with Gasteiger partial charge in [0.05, 0.1) is 11.4 Å². The fourth-order valence-electron chi connectivity index (χ4n) is 2.10. The van der Waals surface area contributed by atoms with Crippen molar-refractivity contribution in [3.05, 3.63) is 59.1 Å². The Bertz CT molecular complexity index is 836. The van der Waals surface area contributed by atoms with Crippen molar-refractivity contribution in [2.75, 3.05) is 26.0 Å². The van der Waals surface area contributed by atoms with Crippen LogP contribution in [0.4, 0.5) is 5.69 Å². The molecule has 0 aliphatic rings. The summed E-state index contributed by atoms with van der Waals surface area (Å²) >= 11 is 5.81. The van der Waals surface area contributed by atoms with Gasteiger partial charge in [0.1, 0.15) is 0 Å². The highest BCUT2D eigenvalue weighted by Crippen LogP contribution is 2.18. The second-order valence-corrected chi connectivity index (χ2v) is 8.09. The minimum atomic E-state index is -3.56. The molecule has 2 rings (SSSR count). The number of carbonyl (C=O) groups is 1. The molecule has 0 aromatic heterocycles. The maximum absolute atomic E-state index is 12.3. The van der Waals surface area contributed by atoms with Crippen molar-refractivity contribution in [3.8, 4) is 0 Å². The van der Waals surface area contributed by atoms with Gasteiger partial charge in [-0.15, -0.1) is 0 Å². The lowest BCUT2D eigenvalue weighted by molar-refractivity contribution is -0.119. The Labute approximate surface area is 152 Å². The second kappa shape index (κ2) is 8.33. The Morgan fingerprint density at radius 1 is 1.08 bits per heavy atom. The first kappa shape index (κ1) is 19.2. The van der Waals surface area contributed by atoms with E-state index < -0.39 is 10.0 Å². The molecule has 0 aliphatic carbocycles. The van der Waals surface area contributed by atoms with E-state index >= 15 is 0 Å². The van der Waals surface area contributed by atoms with Gasteiger partial charge in [0.2, 0.25) is 15.9 Å². The SMILES string of the molecule is CN(C)S(=O)(=O)c1ccccc1CNC(=O)CNc1ccc(Cl)cc1. The number of rotatable bonds is 7. The van der Waals surface area contributed by atoms with Gasteiger partial charge in [-0.2, -0.15) is 0 Å². The van der Waals surface area contributed by atoms with Gasteiger partial charge in [0, 0.05) is 31.4 Å². The molecule has 0 saturated carbocycles. The normalized spacial score (nSPS) is 11.4. The van der Waals surface area contributed by atoms with Crippen LogP contribution in [0.25, 0.3) is 0 Å². The van der Waals surface area contributed by atoms with Gasteiger partial charge < -0.3 is 10.6 Å². The Hall–Kier alpha value is -2.09. The Balaban J connectivity index is 1.97. The van der Waals surface area contributed by atoms with Crippen molar-refractivity contribution >= 4 is 33.2 Å². The van der Waals surface area contributed by atoms with Crippen LogP contribution >= 0.6 is 11.6 Å². The molecule has 0 spiro atoms. The first-order chi connectivity index (χ1) is 11.8. The Morgan fingerprint density at radius 2 is 1.72 bits per heavy atom. The molecule has 0 aliphatic heterocycles. The highest BCUT2D eigenvalue weighted by atomic mass is 35.5. The van der Waals surface area contributed by atoms with E-state index in [1.54, 1.807) is 42.5 Å².